The molecule has 2 heterocycles. The quantitative estimate of drug-likeness (QED) is 0.539. The Morgan fingerprint density at radius 2 is 1.97 bits per heavy atom. The van der Waals surface area contributed by atoms with Crippen LogP contribution in [0.1, 0.15) is 38.8 Å². The van der Waals surface area contributed by atoms with E-state index in [-0.39, 0.29) is 39.9 Å². The van der Waals surface area contributed by atoms with Gasteiger partial charge < -0.3 is 24.5 Å². The number of aliphatic hydroxyl groups excluding tert-OH is 1. The molecule has 0 saturated heterocycles. The molecule has 1 aliphatic heterocycles. The van der Waals surface area contributed by atoms with Gasteiger partial charge in [0.15, 0.2) is 0 Å². The standard InChI is InChI=1S/C25H26O6/c1-13(2)5-6-15-9-14(7-8-18(15)26)17-12-30-20-11-19-16(23(28)22(20)24(17)29)10-21(27)25(3,4)31-19/h5,7-9,11-12,21,26-28H,6,10H2,1-4H3/t21-/m0/s1. The summed E-state index contributed by atoms with van der Waals surface area (Å²) >= 11 is 0. The maximum atomic E-state index is 13.3. The molecule has 0 radical (unpaired) electrons. The predicted molar refractivity (Wildman–Crippen MR) is 119 cm³/mol. The highest BCUT2D eigenvalue weighted by atomic mass is 16.5. The fourth-order valence-electron chi connectivity index (χ4n) is 3.79. The van der Waals surface area contributed by atoms with E-state index in [0.717, 1.165) is 5.57 Å². The molecule has 0 aliphatic carbocycles. The minimum atomic E-state index is -0.826. The van der Waals surface area contributed by atoms with Gasteiger partial charge in [0.2, 0.25) is 5.43 Å². The molecule has 6 nitrogen and oxygen atoms in total. The van der Waals surface area contributed by atoms with Crippen molar-refractivity contribution < 1.29 is 24.5 Å². The van der Waals surface area contributed by atoms with Crippen LogP contribution in [0.3, 0.4) is 0 Å². The Labute approximate surface area is 180 Å². The summed E-state index contributed by atoms with van der Waals surface area (Å²) in [6.45, 7) is 7.48. The lowest BCUT2D eigenvalue weighted by Gasteiger charge is -2.37. The largest absolute Gasteiger partial charge is 0.508 e. The monoisotopic (exact) mass is 422 g/mol. The Balaban J connectivity index is 1.86. The molecule has 1 aliphatic rings. The number of allylic oxidation sites excluding steroid dienone is 2. The van der Waals surface area contributed by atoms with Gasteiger partial charge in [-0.15, -0.1) is 0 Å². The number of ether oxygens (including phenoxy) is 1. The molecule has 0 fully saturated rings. The van der Waals surface area contributed by atoms with Gasteiger partial charge in [0, 0.05) is 18.1 Å². The van der Waals surface area contributed by atoms with E-state index in [1.807, 2.05) is 19.9 Å². The fourth-order valence-corrected chi connectivity index (χ4v) is 3.79. The maximum absolute atomic E-state index is 13.3. The second-order valence-corrected chi connectivity index (χ2v) is 8.81. The maximum Gasteiger partial charge on any atom is 0.204 e. The number of hydrogen-bond acceptors (Lipinski definition) is 6. The lowest BCUT2D eigenvalue weighted by atomic mass is 9.89. The molecule has 3 aromatic rings. The highest BCUT2D eigenvalue weighted by Crippen LogP contribution is 2.42. The molecule has 6 heteroatoms. The van der Waals surface area contributed by atoms with Crippen molar-refractivity contribution in [3.8, 4) is 28.4 Å². The molecule has 0 amide bonds. The number of phenolic OH excluding ortho intramolecular Hbond substituents is 2. The van der Waals surface area contributed by atoms with Crippen molar-refractivity contribution in [2.45, 2.75) is 52.2 Å². The van der Waals surface area contributed by atoms with Crippen LogP contribution >= 0.6 is 0 Å². The van der Waals surface area contributed by atoms with E-state index in [4.69, 9.17) is 9.15 Å². The van der Waals surface area contributed by atoms with Gasteiger partial charge in [-0.2, -0.15) is 0 Å². The number of hydrogen-bond donors (Lipinski definition) is 3. The fraction of sp³-hybridized carbons (Fsp3) is 0.320. The van der Waals surface area contributed by atoms with Gasteiger partial charge in [-0.1, -0.05) is 17.7 Å². The predicted octanol–water partition coefficient (Wildman–Crippen LogP) is 4.45. The van der Waals surface area contributed by atoms with Crippen molar-refractivity contribution in [1.82, 2.24) is 0 Å². The van der Waals surface area contributed by atoms with Gasteiger partial charge in [0.05, 0.1) is 11.7 Å². The first-order valence-corrected chi connectivity index (χ1v) is 10.2. The van der Waals surface area contributed by atoms with Crippen LogP contribution in [-0.2, 0) is 12.8 Å². The third-order valence-corrected chi connectivity index (χ3v) is 5.80. The summed E-state index contributed by atoms with van der Waals surface area (Å²) in [5.41, 5.74) is 2.06. The third kappa shape index (κ3) is 3.68. The number of rotatable bonds is 3. The molecule has 0 saturated carbocycles. The van der Waals surface area contributed by atoms with E-state index < -0.39 is 11.7 Å². The molecule has 1 atom stereocenters. The van der Waals surface area contributed by atoms with Crippen LogP contribution in [0.4, 0.5) is 0 Å². The smallest absolute Gasteiger partial charge is 0.204 e. The number of aromatic hydroxyl groups is 2. The van der Waals surface area contributed by atoms with Gasteiger partial charge in [-0.05, 0) is 57.4 Å². The first-order valence-electron chi connectivity index (χ1n) is 10.2. The molecule has 3 N–H and O–H groups in total. The molecule has 1 aromatic heterocycles. The highest BCUT2D eigenvalue weighted by molar-refractivity contribution is 5.90. The summed E-state index contributed by atoms with van der Waals surface area (Å²) in [6, 6.07) is 6.52. The summed E-state index contributed by atoms with van der Waals surface area (Å²) in [6.07, 6.45) is 3.22. The lowest BCUT2D eigenvalue weighted by molar-refractivity contribution is -0.0415. The topological polar surface area (TPSA) is 100 Å². The number of benzene rings is 2. The molecule has 2 aromatic carbocycles. The molecule has 31 heavy (non-hydrogen) atoms. The zero-order chi connectivity index (χ0) is 22.5. The first-order chi connectivity index (χ1) is 14.6. The van der Waals surface area contributed by atoms with Gasteiger partial charge >= 0.3 is 0 Å². The van der Waals surface area contributed by atoms with Crippen LogP contribution < -0.4 is 10.2 Å². The average molecular weight is 422 g/mol. The minimum Gasteiger partial charge on any atom is -0.508 e. The van der Waals surface area contributed by atoms with Crippen molar-refractivity contribution in [2.24, 2.45) is 0 Å². The Kier molecular flexibility index (Phi) is 5.06. The second kappa shape index (κ2) is 7.46. The molecule has 0 unspecified atom stereocenters. The molecule has 4 rings (SSSR count). The zero-order valence-corrected chi connectivity index (χ0v) is 18.0. The summed E-state index contributed by atoms with van der Waals surface area (Å²) in [4.78, 5) is 13.3. The Morgan fingerprint density at radius 1 is 1.23 bits per heavy atom. The van der Waals surface area contributed by atoms with Crippen molar-refractivity contribution >= 4 is 11.0 Å². The van der Waals surface area contributed by atoms with Crippen LogP contribution in [-0.4, -0.2) is 27.0 Å². The van der Waals surface area contributed by atoms with E-state index in [1.54, 1.807) is 38.1 Å². The van der Waals surface area contributed by atoms with Crippen molar-refractivity contribution in [3.05, 3.63) is 63.5 Å². The molecule has 162 valence electrons. The van der Waals surface area contributed by atoms with E-state index in [9.17, 15) is 20.1 Å². The van der Waals surface area contributed by atoms with Crippen molar-refractivity contribution in [1.29, 1.82) is 0 Å². The Morgan fingerprint density at radius 3 is 2.68 bits per heavy atom. The zero-order valence-electron chi connectivity index (χ0n) is 18.0. The Bertz CT molecular complexity index is 1260. The van der Waals surface area contributed by atoms with Crippen LogP contribution in [0.2, 0.25) is 0 Å². The number of aliphatic hydroxyl groups is 1. The first kappa shape index (κ1) is 21.0. The van der Waals surface area contributed by atoms with E-state index in [0.29, 0.717) is 28.9 Å². The summed E-state index contributed by atoms with van der Waals surface area (Å²) in [5.74, 6) is 0.308. The van der Waals surface area contributed by atoms with Gasteiger partial charge in [0.1, 0.15) is 40.1 Å². The molecule has 0 bridgehead atoms. The van der Waals surface area contributed by atoms with Crippen LogP contribution in [0.15, 0.2) is 51.4 Å². The number of fused-ring (bicyclic) bond motifs is 2. The average Bonchev–Trinajstić information content (AvgIpc) is 2.69. The lowest BCUT2D eigenvalue weighted by Crippen LogP contribution is -2.46. The molecular weight excluding hydrogens is 396 g/mol. The normalized spacial score (nSPS) is 17.1. The van der Waals surface area contributed by atoms with Gasteiger partial charge in [-0.3, -0.25) is 4.79 Å². The van der Waals surface area contributed by atoms with E-state index in [1.165, 1.54) is 6.26 Å². The Hall–Kier alpha value is -3.25. The van der Waals surface area contributed by atoms with Crippen molar-refractivity contribution in [3.63, 3.8) is 0 Å². The van der Waals surface area contributed by atoms with Crippen LogP contribution in [0.25, 0.3) is 22.1 Å². The van der Waals surface area contributed by atoms with E-state index >= 15 is 0 Å². The van der Waals surface area contributed by atoms with Gasteiger partial charge in [0.25, 0.3) is 0 Å². The number of phenols is 2. The minimum absolute atomic E-state index is 0.0469. The molecular formula is C25H26O6. The molecule has 0 spiro atoms. The summed E-state index contributed by atoms with van der Waals surface area (Å²) in [7, 11) is 0. The van der Waals surface area contributed by atoms with Crippen LogP contribution in [0.5, 0.6) is 17.2 Å². The highest BCUT2D eigenvalue weighted by Gasteiger charge is 2.38. The van der Waals surface area contributed by atoms with E-state index in [2.05, 4.69) is 0 Å². The SMILES string of the molecule is CC(C)=CCc1cc(-c2coc3cc4c(c(O)c3c2=O)C[C@H](O)C(C)(C)O4)ccc1O. The van der Waals surface area contributed by atoms with Crippen LogP contribution in [0, 0.1) is 0 Å². The summed E-state index contributed by atoms with van der Waals surface area (Å²) in [5, 5.41) is 31.5. The van der Waals surface area contributed by atoms with Crippen molar-refractivity contribution in [2.75, 3.05) is 0 Å². The second-order valence-electron chi connectivity index (χ2n) is 8.81. The third-order valence-electron chi connectivity index (χ3n) is 5.80. The summed E-state index contributed by atoms with van der Waals surface area (Å²) < 4.78 is 11.6. The van der Waals surface area contributed by atoms with Gasteiger partial charge in [-0.25, -0.2) is 0 Å².